The molecule has 1 aromatic rings. The van der Waals surface area contributed by atoms with Gasteiger partial charge in [-0.3, -0.25) is 19.3 Å². The zero-order valence-corrected chi connectivity index (χ0v) is 13.3. The van der Waals surface area contributed by atoms with Gasteiger partial charge < -0.3 is 4.74 Å². The van der Waals surface area contributed by atoms with E-state index in [4.69, 9.17) is 4.74 Å². The van der Waals surface area contributed by atoms with Crippen molar-refractivity contribution in [2.75, 3.05) is 6.54 Å². The number of ether oxygens (including phenoxy) is 1. The van der Waals surface area contributed by atoms with Gasteiger partial charge in [0.05, 0.1) is 0 Å². The second kappa shape index (κ2) is 7.54. The van der Waals surface area contributed by atoms with Crippen LogP contribution in [0.25, 0.3) is 6.08 Å². The van der Waals surface area contributed by atoms with Gasteiger partial charge in [-0.05, 0) is 32.4 Å². The summed E-state index contributed by atoms with van der Waals surface area (Å²) in [4.78, 5) is 36.2. The van der Waals surface area contributed by atoms with E-state index in [1.807, 2.05) is 30.3 Å². The molecule has 1 rings (SSSR count). The topological polar surface area (TPSA) is 63.7 Å². The molecule has 118 valence electrons. The molecule has 0 bridgehead atoms. The van der Waals surface area contributed by atoms with Crippen LogP contribution in [-0.2, 0) is 19.1 Å². The Labute approximate surface area is 130 Å². The number of imide groups is 1. The van der Waals surface area contributed by atoms with E-state index in [0.717, 1.165) is 10.5 Å². The van der Waals surface area contributed by atoms with Crippen molar-refractivity contribution in [1.82, 2.24) is 4.90 Å². The number of nitrogens with zero attached hydrogens (tertiary/aromatic N) is 1. The van der Waals surface area contributed by atoms with Gasteiger partial charge in [0.1, 0.15) is 12.1 Å². The molecule has 0 atom stereocenters. The molecule has 0 aliphatic carbocycles. The van der Waals surface area contributed by atoms with Gasteiger partial charge in [0, 0.05) is 13.0 Å². The summed E-state index contributed by atoms with van der Waals surface area (Å²) in [7, 11) is 0. The Bertz CT molecular complexity index is 570. The zero-order valence-electron chi connectivity index (χ0n) is 13.3. The molecular formula is C17H21NO4. The largest absolute Gasteiger partial charge is 0.459 e. The average Bonchev–Trinajstić information content (AvgIpc) is 2.41. The third kappa shape index (κ3) is 6.35. The SMILES string of the molecule is CC(=O)N(CC(=O)OC(C)(C)C)C(=O)C=Cc1ccccc1. The average molecular weight is 303 g/mol. The minimum absolute atomic E-state index is 0.398. The van der Waals surface area contributed by atoms with E-state index in [-0.39, 0.29) is 0 Å². The van der Waals surface area contributed by atoms with Crippen LogP contribution in [0.15, 0.2) is 36.4 Å². The van der Waals surface area contributed by atoms with Gasteiger partial charge in [-0.25, -0.2) is 0 Å². The molecule has 5 nitrogen and oxygen atoms in total. The summed E-state index contributed by atoms with van der Waals surface area (Å²) in [5.74, 6) is -1.68. The Morgan fingerprint density at radius 3 is 2.23 bits per heavy atom. The Hall–Kier alpha value is -2.43. The predicted octanol–water partition coefficient (Wildman–Crippen LogP) is 2.42. The number of esters is 1. The van der Waals surface area contributed by atoms with Gasteiger partial charge in [-0.2, -0.15) is 0 Å². The lowest BCUT2D eigenvalue weighted by Gasteiger charge is -2.22. The van der Waals surface area contributed by atoms with Crippen molar-refractivity contribution in [1.29, 1.82) is 0 Å². The minimum atomic E-state index is -0.664. The Morgan fingerprint density at radius 2 is 1.73 bits per heavy atom. The number of amides is 2. The quantitative estimate of drug-likeness (QED) is 0.633. The number of carbonyl (C=O) groups is 3. The maximum atomic E-state index is 12.1. The molecule has 22 heavy (non-hydrogen) atoms. The van der Waals surface area contributed by atoms with Crippen LogP contribution in [0.3, 0.4) is 0 Å². The van der Waals surface area contributed by atoms with Crippen molar-refractivity contribution in [3.05, 3.63) is 42.0 Å². The van der Waals surface area contributed by atoms with Crippen LogP contribution in [-0.4, -0.2) is 34.8 Å². The summed E-state index contributed by atoms with van der Waals surface area (Å²) in [5.41, 5.74) is 0.166. The second-order valence-electron chi connectivity index (χ2n) is 5.77. The molecule has 0 aromatic heterocycles. The van der Waals surface area contributed by atoms with Crippen LogP contribution >= 0.6 is 0 Å². The van der Waals surface area contributed by atoms with Crippen molar-refractivity contribution in [2.45, 2.75) is 33.3 Å². The van der Waals surface area contributed by atoms with E-state index >= 15 is 0 Å². The number of rotatable bonds is 4. The minimum Gasteiger partial charge on any atom is -0.459 e. The first kappa shape index (κ1) is 17.6. The first-order chi connectivity index (χ1) is 10.2. The van der Waals surface area contributed by atoms with Crippen molar-refractivity contribution in [3.8, 4) is 0 Å². The van der Waals surface area contributed by atoms with Crippen LogP contribution < -0.4 is 0 Å². The highest BCUT2D eigenvalue weighted by Crippen LogP contribution is 2.08. The highest BCUT2D eigenvalue weighted by atomic mass is 16.6. The second-order valence-corrected chi connectivity index (χ2v) is 5.77. The van der Waals surface area contributed by atoms with E-state index in [2.05, 4.69) is 0 Å². The van der Waals surface area contributed by atoms with Crippen molar-refractivity contribution in [3.63, 3.8) is 0 Å². The monoisotopic (exact) mass is 303 g/mol. The molecule has 0 aliphatic heterocycles. The van der Waals surface area contributed by atoms with E-state index in [0.29, 0.717) is 0 Å². The third-order valence-corrected chi connectivity index (χ3v) is 2.57. The Kier molecular flexibility index (Phi) is 6.04. The van der Waals surface area contributed by atoms with E-state index in [9.17, 15) is 14.4 Å². The van der Waals surface area contributed by atoms with Crippen LogP contribution in [0.4, 0.5) is 0 Å². The molecule has 5 heteroatoms. The van der Waals surface area contributed by atoms with E-state index < -0.39 is 29.9 Å². The van der Waals surface area contributed by atoms with Crippen molar-refractivity contribution < 1.29 is 19.1 Å². The fourth-order valence-corrected chi connectivity index (χ4v) is 1.67. The third-order valence-electron chi connectivity index (χ3n) is 2.57. The normalized spacial score (nSPS) is 11.3. The molecule has 0 saturated carbocycles. The van der Waals surface area contributed by atoms with Crippen LogP contribution in [0.5, 0.6) is 0 Å². The fourth-order valence-electron chi connectivity index (χ4n) is 1.67. The number of benzene rings is 1. The number of carbonyl (C=O) groups excluding carboxylic acids is 3. The van der Waals surface area contributed by atoms with Crippen LogP contribution in [0.2, 0.25) is 0 Å². The molecule has 0 saturated heterocycles. The molecule has 1 aromatic carbocycles. The van der Waals surface area contributed by atoms with Gasteiger partial charge in [-0.15, -0.1) is 0 Å². The molecule has 2 amide bonds. The summed E-state index contributed by atoms with van der Waals surface area (Å²) >= 11 is 0. The number of hydrogen-bond acceptors (Lipinski definition) is 4. The molecular weight excluding hydrogens is 282 g/mol. The van der Waals surface area contributed by atoms with Gasteiger partial charge >= 0.3 is 5.97 Å². The predicted molar refractivity (Wildman–Crippen MR) is 83.7 cm³/mol. The Balaban J connectivity index is 2.74. The van der Waals surface area contributed by atoms with Crippen molar-refractivity contribution >= 4 is 23.9 Å². The lowest BCUT2D eigenvalue weighted by Crippen LogP contribution is -2.40. The van der Waals surface area contributed by atoms with Gasteiger partial charge in [0.15, 0.2) is 0 Å². The van der Waals surface area contributed by atoms with Crippen LogP contribution in [0, 0.1) is 0 Å². The summed E-state index contributed by atoms with van der Waals surface area (Å²) in [5, 5.41) is 0. The first-order valence-corrected chi connectivity index (χ1v) is 6.96. The zero-order chi connectivity index (χ0) is 16.8. The van der Waals surface area contributed by atoms with Gasteiger partial charge in [0.2, 0.25) is 5.91 Å². The highest BCUT2D eigenvalue weighted by molar-refractivity contribution is 6.04. The van der Waals surface area contributed by atoms with Gasteiger partial charge in [-0.1, -0.05) is 30.3 Å². The Morgan fingerprint density at radius 1 is 1.14 bits per heavy atom. The van der Waals surface area contributed by atoms with E-state index in [1.54, 1.807) is 26.8 Å². The maximum absolute atomic E-state index is 12.1. The molecule has 0 N–H and O–H groups in total. The van der Waals surface area contributed by atoms with Crippen molar-refractivity contribution in [2.24, 2.45) is 0 Å². The van der Waals surface area contributed by atoms with Gasteiger partial charge in [0.25, 0.3) is 5.91 Å². The summed E-state index contributed by atoms with van der Waals surface area (Å²) in [6.07, 6.45) is 2.86. The summed E-state index contributed by atoms with van der Waals surface area (Å²) in [6.45, 7) is 6.00. The number of hydrogen-bond donors (Lipinski definition) is 0. The van der Waals surface area contributed by atoms with E-state index in [1.165, 1.54) is 13.0 Å². The lowest BCUT2D eigenvalue weighted by molar-refractivity contribution is -0.161. The summed E-state index contributed by atoms with van der Waals surface area (Å²) in [6, 6.07) is 9.20. The molecule has 0 spiro atoms. The smallest absolute Gasteiger partial charge is 0.326 e. The highest BCUT2D eigenvalue weighted by Gasteiger charge is 2.23. The molecule has 0 aliphatic rings. The van der Waals surface area contributed by atoms with Crippen LogP contribution in [0.1, 0.15) is 33.3 Å². The lowest BCUT2D eigenvalue weighted by atomic mass is 10.2. The maximum Gasteiger partial charge on any atom is 0.326 e. The standard InChI is InChI=1S/C17H21NO4/c1-13(19)18(12-16(21)22-17(2,3)4)15(20)11-10-14-8-6-5-7-9-14/h5-11H,12H2,1-4H3. The molecule has 0 fully saturated rings. The first-order valence-electron chi connectivity index (χ1n) is 6.96. The fraction of sp³-hybridized carbons (Fsp3) is 0.353. The molecule has 0 radical (unpaired) electrons. The molecule has 0 unspecified atom stereocenters. The summed E-state index contributed by atoms with van der Waals surface area (Å²) < 4.78 is 5.12. The molecule has 0 heterocycles.